The molecule has 4 aromatic rings. The lowest BCUT2D eigenvalue weighted by atomic mass is 10.2. The Labute approximate surface area is 140 Å². The number of fused-ring (bicyclic) bond motifs is 2. The molecule has 0 saturated carbocycles. The van der Waals surface area contributed by atoms with Gasteiger partial charge in [0, 0.05) is 23.2 Å². The molecule has 4 heteroatoms. The Balaban J connectivity index is 0.000000143. The van der Waals surface area contributed by atoms with Crippen LogP contribution in [-0.2, 0) is 4.79 Å². The summed E-state index contributed by atoms with van der Waals surface area (Å²) in [6.07, 6.45) is 4.05. The largest absolute Gasteiger partial charge is 0.389 e. The van der Waals surface area contributed by atoms with Crippen molar-refractivity contribution in [3.05, 3.63) is 85.2 Å². The van der Waals surface area contributed by atoms with Crippen LogP contribution in [0.25, 0.3) is 21.8 Å². The first-order chi connectivity index (χ1) is 11.8. The molecular weight excluding hydrogens is 300 g/mol. The molecule has 0 spiro atoms. The normalized spacial score (nSPS) is 9.38. The van der Waals surface area contributed by atoms with Gasteiger partial charge >= 0.3 is 0 Å². The summed E-state index contributed by atoms with van der Waals surface area (Å²) in [5, 5.41) is 9.91. The molecule has 2 aromatic heterocycles. The van der Waals surface area contributed by atoms with E-state index in [0.717, 1.165) is 11.0 Å². The predicted molar refractivity (Wildman–Crippen MR) is 96.6 cm³/mol. The van der Waals surface area contributed by atoms with E-state index < -0.39 is 0 Å². The van der Waals surface area contributed by atoms with Crippen LogP contribution in [0, 0.1) is 0 Å². The van der Waals surface area contributed by atoms with E-state index in [4.69, 9.17) is 9.90 Å². The lowest BCUT2D eigenvalue weighted by Crippen LogP contribution is -1.75. The molecular formula is C20H18N2O2. The van der Waals surface area contributed by atoms with E-state index >= 15 is 0 Å². The molecule has 120 valence electrons. The minimum absolute atomic E-state index is 0.361. The number of aldehydes is 1. The Bertz CT molecular complexity index is 692. The van der Waals surface area contributed by atoms with Gasteiger partial charge in [0.1, 0.15) is 6.29 Å². The van der Waals surface area contributed by atoms with E-state index in [1.165, 1.54) is 10.8 Å². The van der Waals surface area contributed by atoms with Crippen molar-refractivity contribution in [2.45, 2.75) is 0 Å². The molecule has 0 amide bonds. The van der Waals surface area contributed by atoms with Gasteiger partial charge in [0.05, 0.1) is 17.6 Å². The summed E-state index contributed by atoms with van der Waals surface area (Å²) in [5.41, 5.74) is 2.12. The molecule has 0 unspecified atom stereocenters. The molecule has 0 aliphatic carbocycles. The van der Waals surface area contributed by atoms with Crippen molar-refractivity contribution < 1.29 is 9.90 Å². The highest BCUT2D eigenvalue weighted by molar-refractivity contribution is 5.78. The zero-order chi connectivity index (χ0) is 17.0. The maximum atomic E-state index is 8.92. The van der Waals surface area contributed by atoms with Crippen LogP contribution in [0.5, 0.6) is 0 Å². The van der Waals surface area contributed by atoms with Gasteiger partial charge in [0.25, 0.3) is 0 Å². The summed E-state index contributed by atoms with van der Waals surface area (Å²) in [6.45, 7) is -0.361. The third kappa shape index (κ3) is 5.26. The van der Waals surface area contributed by atoms with Gasteiger partial charge in [0.2, 0.25) is 0 Å². The Morgan fingerprint density at radius 2 is 1.08 bits per heavy atom. The van der Waals surface area contributed by atoms with E-state index in [0.29, 0.717) is 6.29 Å². The Hall–Kier alpha value is -3.11. The third-order valence-corrected chi connectivity index (χ3v) is 3.10. The minimum atomic E-state index is -0.361. The van der Waals surface area contributed by atoms with E-state index in [1.54, 1.807) is 0 Å². The SMILES string of the molecule is O=CCO.c1ccc2ncccc2c1.c1ccc2ncccc2c1. The molecule has 0 bridgehead atoms. The first kappa shape index (κ1) is 17.2. The molecule has 0 aliphatic rings. The molecule has 4 rings (SSSR count). The Kier molecular flexibility index (Phi) is 7.05. The topological polar surface area (TPSA) is 63.1 Å². The van der Waals surface area contributed by atoms with Crippen molar-refractivity contribution in [2.24, 2.45) is 0 Å². The highest BCUT2D eigenvalue weighted by Crippen LogP contribution is 2.08. The molecule has 2 aromatic carbocycles. The van der Waals surface area contributed by atoms with Crippen LogP contribution < -0.4 is 0 Å². The van der Waals surface area contributed by atoms with Crippen LogP contribution in [0.4, 0.5) is 0 Å². The molecule has 1 N–H and O–H groups in total. The van der Waals surface area contributed by atoms with Gasteiger partial charge < -0.3 is 9.90 Å². The summed E-state index contributed by atoms with van der Waals surface area (Å²) >= 11 is 0. The number of hydrogen-bond acceptors (Lipinski definition) is 4. The maximum Gasteiger partial charge on any atom is 0.145 e. The van der Waals surface area contributed by atoms with Crippen molar-refractivity contribution in [1.29, 1.82) is 0 Å². The zero-order valence-electron chi connectivity index (χ0n) is 13.1. The van der Waals surface area contributed by atoms with Gasteiger partial charge in [-0.25, -0.2) is 0 Å². The number of pyridine rings is 2. The second-order valence-electron chi connectivity index (χ2n) is 4.74. The second kappa shape index (κ2) is 9.82. The number of nitrogens with zero attached hydrogens (tertiary/aromatic N) is 2. The van der Waals surface area contributed by atoms with E-state index in [9.17, 15) is 0 Å². The number of benzene rings is 2. The Morgan fingerprint density at radius 1 is 0.708 bits per heavy atom. The highest BCUT2D eigenvalue weighted by Gasteiger charge is 1.87. The van der Waals surface area contributed by atoms with Crippen LogP contribution in [0.3, 0.4) is 0 Å². The molecule has 24 heavy (non-hydrogen) atoms. The summed E-state index contributed by atoms with van der Waals surface area (Å²) in [4.78, 5) is 17.3. The molecule has 0 aliphatic heterocycles. The minimum Gasteiger partial charge on any atom is -0.389 e. The number of aliphatic hydroxyl groups is 1. The predicted octanol–water partition coefficient (Wildman–Crippen LogP) is 3.65. The number of para-hydroxylation sites is 2. The number of aromatic nitrogens is 2. The van der Waals surface area contributed by atoms with Gasteiger partial charge in [-0.2, -0.15) is 0 Å². The molecule has 0 fully saturated rings. The van der Waals surface area contributed by atoms with Crippen molar-refractivity contribution in [3.8, 4) is 0 Å². The third-order valence-electron chi connectivity index (χ3n) is 3.10. The van der Waals surface area contributed by atoms with Gasteiger partial charge in [-0.05, 0) is 24.3 Å². The maximum absolute atomic E-state index is 8.92. The number of carbonyl (C=O) groups is 1. The van der Waals surface area contributed by atoms with Crippen molar-refractivity contribution in [3.63, 3.8) is 0 Å². The summed E-state index contributed by atoms with van der Waals surface area (Å²) < 4.78 is 0. The van der Waals surface area contributed by atoms with Crippen LogP contribution in [-0.4, -0.2) is 28.0 Å². The fraction of sp³-hybridized carbons (Fsp3) is 0.0500. The lowest BCUT2D eigenvalue weighted by Gasteiger charge is -1.91. The average Bonchev–Trinajstić information content (AvgIpc) is 2.69. The average molecular weight is 318 g/mol. The molecule has 2 heterocycles. The molecule has 4 nitrogen and oxygen atoms in total. The summed E-state index contributed by atoms with van der Waals surface area (Å²) in [5.74, 6) is 0. The smallest absolute Gasteiger partial charge is 0.145 e. The van der Waals surface area contributed by atoms with Gasteiger partial charge in [0.15, 0.2) is 0 Å². The molecule has 0 saturated heterocycles. The Morgan fingerprint density at radius 3 is 1.46 bits per heavy atom. The van der Waals surface area contributed by atoms with E-state index in [1.807, 2.05) is 60.9 Å². The van der Waals surface area contributed by atoms with E-state index in [-0.39, 0.29) is 6.61 Å². The van der Waals surface area contributed by atoms with Gasteiger partial charge in [-0.3, -0.25) is 9.97 Å². The van der Waals surface area contributed by atoms with Gasteiger partial charge in [-0.1, -0.05) is 48.5 Å². The lowest BCUT2D eigenvalue weighted by molar-refractivity contribution is -0.110. The number of aliphatic hydroxyl groups excluding tert-OH is 1. The molecule has 0 atom stereocenters. The fourth-order valence-corrected chi connectivity index (χ4v) is 2.03. The first-order valence-electron chi connectivity index (χ1n) is 7.49. The monoisotopic (exact) mass is 318 g/mol. The first-order valence-corrected chi connectivity index (χ1v) is 7.49. The number of carbonyl (C=O) groups excluding carboxylic acids is 1. The zero-order valence-corrected chi connectivity index (χ0v) is 13.1. The van der Waals surface area contributed by atoms with Crippen molar-refractivity contribution in [2.75, 3.05) is 6.61 Å². The van der Waals surface area contributed by atoms with Crippen LogP contribution in [0.1, 0.15) is 0 Å². The number of hydrogen-bond donors (Lipinski definition) is 1. The number of rotatable bonds is 1. The highest BCUT2D eigenvalue weighted by atomic mass is 16.3. The van der Waals surface area contributed by atoms with Crippen LogP contribution in [0.2, 0.25) is 0 Å². The van der Waals surface area contributed by atoms with Crippen LogP contribution in [0.15, 0.2) is 85.2 Å². The van der Waals surface area contributed by atoms with Crippen LogP contribution >= 0.6 is 0 Å². The fourth-order valence-electron chi connectivity index (χ4n) is 2.03. The molecule has 0 radical (unpaired) electrons. The van der Waals surface area contributed by atoms with Gasteiger partial charge in [-0.15, -0.1) is 0 Å². The summed E-state index contributed by atoms with van der Waals surface area (Å²) in [6, 6.07) is 24.2. The summed E-state index contributed by atoms with van der Waals surface area (Å²) in [7, 11) is 0. The van der Waals surface area contributed by atoms with Crippen molar-refractivity contribution in [1.82, 2.24) is 9.97 Å². The van der Waals surface area contributed by atoms with E-state index in [2.05, 4.69) is 34.2 Å². The second-order valence-corrected chi connectivity index (χ2v) is 4.74. The quantitative estimate of drug-likeness (QED) is 0.544. The van der Waals surface area contributed by atoms with Crippen molar-refractivity contribution >= 4 is 28.1 Å². The standard InChI is InChI=1S/2C9H7N.C2H4O2/c2*1-2-6-9-8(4-1)5-3-7-10-9;3-1-2-4/h2*1-7H;1,4H,2H2.